The van der Waals surface area contributed by atoms with Crippen molar-refractivity contribution in [1.82, 2.24) is 30.1 Å². The first-order valence-corrected chi connectivity index (χ1v) is 7.96. The van der Waals surface area contributed by atoms with E-state index in [0.29, 0.717) is 6.04 Å². The van der Waals surface area contributed by atoms with Gasteiger partial charge in [0.05, 0.1) is 5.69 Å². The second-order valence-corrected chi connectivity index (χ2v) is 7.24. The van der Waals surface area contributed by atoms with E-state index in [4.69, 9.17) is 0 Å². The van der Waals surface area contributed by atoms with Crippen LogP contribution in [0.25, 0.3) is 10.7 Å². The van der Waals surface area contributed by atoms with Gasteiger partial charge in [0.1, 0.15) is 4.88 Å². The topological polar surface area (TPSA) is 82.6 Å². The second kappa shape index (κ2) is 5.34. The van der Waals surface area contributed by atoms with Crippen molar-refractivity contribution >= 4 is 17.5 Å². The number of rotatable bonds is 2. The minimum absolute atomic E-state index is 0.0567. The van der Waals surface area contributed by atoms with E-state index in [-0.39, 0.29) is 5.41 Å². The molecule has 2 N–H and O–H groups in total. The number of aromatic nitrogens is 5. The van der Waals surface area contributed by atoms with Crippen LogP contribution in [0.3, 0.4) is 0 Å². The Hall–Kier alpha value is -1.54. The van der Waals surface area contributed by atoms with Crippen LogP contribution in [0, 0.1) is 0 Å². The van der Waals surface area contributed by atoms with Crippen molar-refractivity contribution in [3.8, 4) is 10.7 Å². The number of nitrogens with zero attached hydrogens (tertiary/aromatic N) is 5. The molecule has 1 saturated heterocycles. The van der Waals surface area contributed by atoms with Gasteiger partial charge in [-0.25, -0.2) is 0 Å². The van der Waals surface area contributed by atoms with Crippen LogP contribution in [0.1, 0.15) is 33.4 Å². The first-order valence-electron chi connectivity index (χ1n) is 7.19. The molecule has 0 saturated carbocycles. The molecule has 1 aliphatic heterocycles. The predicted molar refractivity (Wildman–Crippen MR) is 83.7 cm³/mol. The monoisotopic (exact) mass is 307 g/mol. The average Bonchev–Trinajstić information content (AvgIpc) is 3.07. The molecule has 7 nitrogen and oxygen atoms in total. The fourth-order valence-corrected chi connectivity index (χ4v) is 3.26. The summed E-state index contributed by atoms with van der Waals surface area (Å²) >= 11 is 1.36. The van der Waals surface area contributed by atoms with Crippen molar-refractivity contribution in [3.63, 3.8) is 0 Å². The summed E-state index contributed by atoms with van der Waals surface area (Å²) in [4.78, 5) is 7.82. The van der Waals surface area contributed by atoms with E-state index < -0.39 is 0 Å². The van der Waals surface area contributed by atoms with Gasteiger partial charge in [-0.15, -0.1) is 10.2 Å². The molecule has 8 heteroatoms. The van der Waals surface area contributed by atoms with Crippen molar-refractivity contribution in [2.45, 2.75) is 39.2 Å². The maximum atomic E-state index is 4.65. The third-order valence-electron chi connectivity index (χ3n) is 3.54. The van der Waals surface area contributed by atoms with E-state index in [9.17, 15) is 0 Å². The Morgan fingerprint density at radius 2 is 2.14 bits per heavy atom. The minimum Gasteiger partial charge on any atom is -0.337 e. The van der Waals surface area contributed by atoms with E-state index in [1.807, 2.05) is 0 Å². The molecule has 114 valence electrons. The van der Waals surface area contributed by atoms with Crippen LogP contribution in [0.15, 0.2) is 0 Å². The van der Waals surface area contributed by atoms with Crippen molar-refractivity contribution in [2.75, 3.05) is 24.5 Å². The summed E-state index contributed by atoms with van der Waals surface area (Å²) in [6, 6.07) is 0.455. The Labute approximate surface area is 128 Å². The lowest BCUT2D eigenvalue weighted by molar-refractivity contribution is 0.480. The van der Waals surface area contributed by atoms with Crippen molar-refractivity contribution in [3.05, 3.63) is 5.69 Å². The van der Waals surface area contributed by atoms with Gasteiger partial charge in [0, 0.05) is 31.1 Å². The number of hydrogen-bond donors (Lipinski definition) is 2. The van der Waals surface area contributed by atoms with Gasteiger partial charge < -0.3 is 10.2 Å². The van der Waals surface area contributed by atoms with Crippen LogP contribution in [-0.4, -0.2) is 50.4 Å². The SMILES string of the molecule is C[C@H]1CN(c2n[nH]c(-c3snnc3C(C)(C)C)n2)CCN1. The highest BCUT2D eigenvalue weighted by atomic mass is 32.1. The quantitative estimate of drug-likeness (QED) is 0.873. The fraction of sp³-hybridized carbons (Fsp3) is 0.692. The van der Waals surface area contributed by atoms with Gasteiger partial charge in [-0.1, -0.05) is 25.3 Å². The van der Waals surface area contributed by atoms with Gasteiger partial charge in [-0.05, 0) is 18.5 Å². The van der Waals surface area contributed by atoms with Gasteiger partial charge in [0.25, 0.3) is 0 Å². The smallest absolute Gasteiger partial charge is 0.245 e. The molecule has 0 aliphatic carbocycles. The predicted octanol–water partition coefficient (Wildman–Crippen LogP) is 1.42. The van der Waals surface area contributed by atoms with Crippen molar-refractivity contribution in [2.24, 2.45) is 0 Å². The summed E-state index contributed by atoms with van der Waals surface area (Å²) in [5.74, 6) is 1.52. The molecule has 0 bridgehead atoms. The maximum Gasteiger partial charge on any atom is 0.245 e. The van der Waals surface area contributed by atoms with Gasteiger partial charge in [0.2, 0.25) is 5.95 Å². The largest absolute Gasteiger partial charge is 0.337 e. The summed E-state index contributed by atoms with van der Waals surface area (Å²) in [5.41, 5.74) is 0.905. The molecule has 3 rings (SSSR count). The molecular weight excluding hydrogens is 286 g/mol. The highest BCUT2D eigenvalue weighted by Gasteiger charge is 2.26. The van der Waals surface area contributed by atoms with Crippen molar-refractivity contribution < 1.29 is 0 Å². The number of hydrogen-bond acceptors (Lipinski definition) is 7. The molecule has 1 aliphatic rings. The number of H-pyrrole nitrogens is 1. The molecule has 21 heavy (non-hydrogen) atoms. The van der Waals surface area contributed by atoms with E-state index in [2.05, 4.69) is 62.7 Å². The van der Waals surface area contributed by atoms with Crippen LogP contribution in [0.4, 0.5) is 5.95 Å². The van der Waals surface area contributed by atoms with Crippen LogP contribution in [-0.2, 0) is 5.41 Å². The van der Waals surface area contributed by atoms with E-state index >= 15 is 0 Å². The van der Waals surface area contributed by atoms with Crippen LogP contribution < -0.4 is 10.2 Å². The molecule has 1 atom stereocenters. The molecule has 2 aromatic heterocycles. The first-order chi connectivity index (χ1) is 9.95. The summed E-state index contributed by atoms with van der Waals surface area (Å²) in [5, 5.41) is 15.1. The normalized spacial score (nSPS) is 20.0. The second-order valence-electron chi connectivity index (χ2n) is 6.49. The Kier molecular flexibility index (Phi) is 3.66. The molecule has 0 spiro atoms. The molecule has 2 aromatic rings. The zero-order valence-corrected chi connectivity index (χ0v) is 13.7. The first kappa shape index (κ1) is 14.4. The lowest BCUT2D eigenvalue weighted by atomic mass is 9.91. The number of nitrogens with one attached hydrogen (secondary N) is 2. The standard InChI is InChI=1S/C13H21N7S/c1-8-7-20(6-5-14-8)12-15-11(17-18-12)9-10(13(2,3)4)16-19-21-9/h8,14H,5-7H2,1-4H3,(H,15,17,18)/t8-/m0/s1. The lowest BCUT2D eigenvalue weighted by Crippen LogP contribution is -2.49. The zero-order valence-electron chi connectivity index (χ0n) is 12.8. The Morgan fingerprint density at radius 3 is 2.86 bits per heavy atom. The van der Waals surface area contributed by atoms with Gasteiger partial charge >= 0.3 is 0 Å². The summed E-state index contributed by atoms with van der Waals surface area (Å²) in [6.07, 6.45) is 0. The van der Waals surface area contributed by atoms with Gasteiger partial charge in [-0.3, -0.25) is 5.10 Å². The molecule has 0 amide bonds. The Bertz CT molecular complexity index is 612. The summed E-state index contributed by atoms with van der Waals surface area (Å²) in [7, 11) is 0. The third-order valence-corrected chi connectivity index (χ3v) is 4.27. The molecule has 1 fully saturated rings. The van der Waals surface area contributed by atoms with E-state index in [0.717, 1.165) is 42.0 Å². The molecule has 3 heterocycles. The Morgan fingerprint density at radius 1 is 1.33 bits per heavy atom. The average molecular weight is 307 g/mol. The summed E-state index contributed by atoms with van der Waals surface area (Å²) < 4.78 is 4.08. The fourth-order valence-electron chi connectivity index (χ4n) is 2.45. The van der Waals surface area contributed by atoms with Crippen LogP contribution in [0.5, 0.6) is 0 Å². The summed E-state index contributed by atoms with van der Waals surface area (Å²) in [6.45, 7) is 11.4. The van der Waals surface area contributed by atoms with Gasteiger partial charge in [-0.2, -0.15) is 4.98 Å². The highest BCUT2D eigenvalue weighted by Crippen LogP contribution is 2.32. The van der Waals surface area contributed by atoms with E-state index in [1.165, 1.54) is 11.5 Å². The molecule has 0 unspecified atom stereocenters. The number of aromatic amines is 1. The van der Waals surface area contributed by atoms with E-state index in [1.54, 1.807) is 0 Å². The zero-order chi connectivity index (χ0) is 15.0. The molecular formula is C13H21N7S. The third kappa shape index (κ3) is 2.91. The molecule has 0 radical (unpaired) electrons. The number of piperazine rings is 1. The maximum absolute atomic E-state index is 4.65. The number of anilines is 1. The highest BCUT2D eigenvalue weighted by molar-refractivity contribution is 7.09. The van der Waals surface area contributed by atoms with Crippen LogP contribution >= 0.6 is 11.5 Å². The minimum atomic E-state index is -0.0567. The lowest BCUT2D eigenvalue weighted by Gasteiger charge is -2.30. The van der Waals surface area contributed by atoms with Crippen LogP contribution in [0.2, 0.25) is 0 Å². The molecule has 0 aromatic carbocycles. The van der Waals surface area contributed by atoms with Gasteiger partial charge in [0.15, 0.2) is 5.82 Å². The Balaban J connectivity index is 1.87. The van der Waals surface area contributed by atoms with Crippen molar-refractivity contribution in [1.29, 1.82) is 0 Å².